The van der Waals surface area contributed by atoms with Gasteiger partial charge in [0.15, 0.2) is 0 Å². The Morgan fingerprint density at radius 2 is 2.17 bits per heavy atom. The van der Waals surface area contributed by atoms with Crippen LogP contribution in [0.15, 0.2) is 18.2 Å². The summed E-state index contributed by atoms with van der Waals surface area (Å²) >= 11 is 0. The zero-order valence-electron chi connectivity index (χ0n) is 11.8. The molecule has 1 unspecified atom stereocenters. The van der Waals surface area contributed by atoms with Gasteiger partial charge >= 0.3 is 0 Å². The maximum Gasteiger partial charge on any atom is 0.0346 e. The first-order valence-corrected chi connectivity index (χ1v) is 7.29. The number of rotatable bonds is 4. The van der Waals surface area contributed by atoms with Gasteiger partial charge < -0.3 is 5.73 Å². The summed E-state index contributed by atoms with van der Waals surface area (Å²) in [4.78, 5) is 2.65. The van der Waals surface area contributed by atoms with Gasteiger partial charge in [-0.05, 0) is 49.9 Å². The molecule has 0 aromatic heterocycles. The van der Waals surface area contributed by atoms with Crippen LogP contribution in [0.4, 0.5) is 5.69 Å². The second-order valence-corrected chi connectivity index (χ2v) is 5.60. The SMILES string of the molecule is CCCC1CCCCN1Cc1ccc(C)c(N)c1. The summed E-state index contributed by atoms with van der Waals surface area (Å²) in [6.07, 6.45) is 6.74. The molecule has 100 valence electrons. The zero-order valence-corrected chi connectivity index (χ0v) is 11.8. The van der Waals surface area contributed by atoms with Crippen molar-refractivity contribution in [1.29, 1.82) is 0 Å². The van der Waals surface area contributed by atoms with Gasteiger partial charge in [-0.15, -0.1) is 0 Å². The summed E-state index contributed by atoms with van der Waals surface area (Å²) in [6, 6.07) is 7.30. The molecule has 0 spiro atoms. The third kappa shape index (κ3) is 3.26. The normalized spacial score (nSPS) is 21.1. The summed E-state index contributed by atoms with van der Waals surface area (Å²) < 4.78 is 0. The van der Waals surface area contributed by atoms with Crippen LogP contribution in [-0.4, -0.2) is 17.5 Å². The molecule has 1 saturated heterocycles. The summed E-state index contributed by atoms with van der Waals surface area (Å²) in [6.45, 7) is 6.67. The van der Waals surface area contributed by atoms with Crippen molar-refractivity contribution in [3.63, 3.8) is 0 Å². The van der Waals surface area contributed by atoms with Gasteiger partial charge in [0.2, 0.25) is 0 Å². The average molecular weight is 246 g/mol. The predicted molar refractivity (Wildman–Crippen MR) is 78.5 cm³/mol. The molecule has 1 aromatic rings. The third-order valence-electron chi connectivity index (χ3n) is 4.10. The Hall–Kier alpha value is -1.02. The number of hydrogen-bond acceptors (Lipinski definition) is 2. The van der Waals surface area contributed by atoms with E-state index in [2.05, 4.69) is 36.9 Å². The number of anilines is 1. The van der Waals surface area contributed by atoms with E-state index in [0.29, 0.717) is 0 Å². The van der Waals surface area contributed by atoms with Crippen molar-refractivity contribution in [2.45, 2.75) is 58.5 Å². The van der Waals surface area contributed by atoms with E-state index in [0.717, 1.165) is 18.3 Å². The Balaban J connectivity index is 2.03. The van der Waals surface area contributed by atoms with E-state index in [1.165, 1.54) is 49.8 Å². The Morgan fingerprint density at radius 3 is 2.89 bits per heavy atom. The van der Waals surface area contributed by atoms with Gasteiger partial charge in [-0.25, -0.2) is 0 Å². The highest BCUT2D eigenvalue weighted by Gasteiger charge is 2.21. The number of nitrogen functional groups attached to an aromatic ring is 1. The summed E-state index contributed by atoms with van der Waals surface area (Å²) in [5, 5.41) is 0. The van der Waals surface area contributed by atoms with E-state index in [1.807, 2.05) is 0 Å². The molecule has 2 N–H and O–H groups in total. The molecule has 2 heteroatoms. The lowest BCUT2D eigenvalue weighted by atomic mass is 9.97. The Morgan fingerprint density at radius 1 is 1.33 bits per heavy atom. The Labute approximate surface area is 111 Å². The highest BCUT2D eigenvalue weighted by molar-refractivity contribution is 5.48. The topological polar surface area (TPSA) is 29.3 Å². The summed E-state index contributed by atoms with van der Waals surface area (Å²) in [5.74, 6) is 0. The number of nitrogens with zero attached hydrogens (tertiary/aromatic N) is 1. The quantitative estimate of drug-likeness (QED) is 0.820. The molecule has 0 bridgehead atoms. The van der Waals surface area contributed by atoms with Crippen LogP contribution in [0.2, 0.25) is 0 Å². The molecular formula is C16H26N2. The smallest absolute Gasteiger partial charge is 0.0346 e. The average Bonchev–Trinajstić information content (AvgIpc) is 2.37. The van der Waals surface area contributed by atoms with E-state index >= 15 is 0 Å². The van der Waals surface area contributed by atoms with Gasteiger partial charge in [0.05, 0.1) is 0 Å². The first-order valence-electron chi connectivity index (χ1n) is 7.29. The Bertz CT molecular complexity index is 385. The van der Waals surface area contributed by atoms with Crippen LogP contribution in [0.25, 0.3) is 0 Å². The van der Waals surface area contributed by atoms with Crippen molar-refractivity contribution < 1.29 is 0 Å². The van der Waals surface area contributed by atoms with Gasteiger partial charge in [0.1, 0.15) is 0 Å². The summed E-state index contributed by atoms with van der Waals surface area (Å²) in [7, 11) is 0. The molecule has 1 fully saturated rings. The second-order valence-electron chi connectivity index (χ2n) is 5.60. The Kier molecular flexibility index (Phi) is 4.65. The molecule has 1 aliphatic heterocycles. The molecule has 18 heavy (non-hydrogen) atoms. The monoisotopic (exact) mass is 246 g/mol. The van der Waals surface area contributed by atoms with Crippen LogP contribution in [0, 0.1) is 6.92 Å². The molecule has 0 amide bonds. The number of benzene rings is 1. The number of aryl methyl sites for hydroxylation is 1. The van der Waals surface area contributed by atoms with Crippen molar-refractivity contribution in [3.8, 4) is 0 Å². The predicted octanol–water partition coefficient (Wildman–Crippen LogP) is 3.73. The first kappa shape index (κ1) is 13.4. The fourth-order valence-electron chi connectivity index (χ4n) is 2.95. The van der Waals surface area contributed by atoms with Gasteiger partial charge in [-0.1, -0.05) is 31.9 Å². The van der Waals surface area contributed by atoms with Crippen LogP contribution in [0.1, 0.15) is 50.2 Å². The van der Waals surface area contributed by atoms with E-state index < -0.39 is 0 Å². The first-order chi connectivity index (χ1) is 8.70. The number of nitrogens with two attached hydrogens (primary N) is 1. The van der Waals surface area contributed by atoms with Crippen molar-refractivity contribution in [2.24, 2.45) is 0 Å². The van der Waals surface area contributed by atoms with Gasteiger partial charge in [-0.3, -0.25) is 4.90 Å². The minimum atomic E-state index is 0.784. The van der Waals surface area contributed by atoms with Crippen LogP contribution < -0.4 is 5.73 Å². The van der Waals surface area contributed by atoms with Crippen molar-refractivity contribution >= 4 is 5.69 Å². The maximum atomic E-state index is 6.00. The van der Waals surface area contributed by atoms with E-state index in [-0.39, 0.29) is 0 Å². The lowest BCUT2D eigenvalue weighted by Crippen LogP contribution is -2.38. The van der Waals surface area contributed by atoms with Gasteiger partial charge in [-0.2, -0.15) is 0 Å². The molecule has 0 saturated carbocycles. The molecule has 1 aliphatic rings. The van der Waals surface area contributed by atoms with Crippen LogP contribution in [-0.2, 0) is 6.54 Å². The van der Waals surface area contributed by atoms with Crippen molar-refractivity contribution in [2.75, 3.05) is 12.3 Å². The fourth-order valence-corrected chi connectivity index (χ4v) is 2.95. The number of hydrogen-bond donors (Lipinski definition) is 1. The molecule has 0 aliphatic carbocycles. The lowest BCUT2D eigenvalue weighted by molar-refractivity contribution is 0.131. The minimum absolute atomic E-state index is 0.784. The van der Waals surface area contributed by atoms with Crippen LogP contribution in [0.3, 0.4) is 0 Å². The maximum absolute atomic E-state index is 6.00. The number of piperidine rings is 1. The third-order valence-corrected chi connectivity index (χ3v) is 4.10. The van der Waals surface area contributed by atoms with Crippen molar-refractivity contribution in [1.82, 2.24) is 4.90 Å². The highest BCUT2D eigenvalue weighted by atomic mass is 15.2. The minimum Gasteiger partial charge on any atom is -0.399 e. The van der Waals surface area contributed by atoms with E-state index in [4.69, 9.17) is 5.73 Å². The van der Waals surface area contributed by atoms with E-state index in [9.17, 15) is 0 Å². The van der Waals surface area contributed by atoms with Gasteiger partial charge in [0.25, 0.3) is 0 Å². The second kappa shape index (κ2) is 6.24. The highest BCUT2D eigenvalue weighted by Crippen LogP contribution is 2.24. The largest absolute Gasteiger partial charge is 0.399 e. The number of likely N-dealkylation sites (tertiary alicyclic amines) is 1. The molecule has 0 radical (unpaired) electrons. The van der Waals surface area contributed by atoms with Crippen LogP contribution in [0.5, 0.6) is 0 Å². The van der Waals surface area contributed by atoms with E-state index in [1.54, 1.807) is 0 Å². The molecule has 1 heterocycles. The van der Waals surface area contributed by atoms with Crippen molar-refractivity contribution in [3.05, 3.63) is 29.3 Å². The van der Waals surface area contributed by atoms with Crippen LogP contribution >= 0.6 is 0 Å². The summed E-state index contributed by atoms with van der Waals surface area (Å²) in [5.41, 5.74) is 9.47. The fraction of sp³-hybridized carbons (Fsp3) is 0.625. The molecule has 1 atom stereocenters. The van der Waals surface area contributed by atoms with Gasteiger partial charge in [0, 0.05) is 18.3 Å². The molecule has 1 aromatic carbocycles. The standard InChI is InChI=1S/C16H26N2/c1-3-6-15-7-4-5-10-18(15)12-14-9-8-13(2)16(17)11-14/h8-9,11,15H,3-7,10,12,17H2,1-2H3. The molecular weight excluding hydrogens is 220 g/mol. The lowest BCUT2D eigenvalue weighted by Gasteiger charge is -2.35. The molecule has 2 nitrogen and oxygen atoms in total. The molecule has 2 rings (SSSR count). The zero-order chi connectivity index (χ0) is 13.0.